The number of carbonyl (C=O) groups excluding carboxylic acids is 1. The van der Waals surface area contributed by atoms with Crippen molar-refractivity contribution in [1.82, 2.24) is 25.3 Å². The molecule has 0 aromatic carbocycles. The Kier molecular flexibility index (Phi) is 2.96. The summed E-state index contributed by atoms with van der Waals surface area (Å²) in [6.07, 6.45) is 3.34. The molecule has 1 aliphatic heterocycles. The van der Waals surface area contributed by atoms with E-state index in [-0.39, 0.29) is 5.91 Å². The molecule has 1 fully saturated rings. The van der Waals surface area contributed by atoms with Crippen LogP contribution in [0.3, 0.4) is 0 Å². The molecule has 2 aromatic rings. The monoisotopic (exact) mass is 258 g/mol. The first-order chi connectivity index (χ1) is 9.25. The van der Waals surface area contributed by atoms with Crippen molar-refractivity contribution in [3.63, 3.8) is 0 Å². The number of hydrogen-bond acceptors (Lipinski definition) is 5. The SMILES string of the molecule is CN(C(=O)c1cn(C2CNC2)nn1)c1ccccn1. The highest BCUT2D eigenvalue weighted by molar-refractivity contribution is 6.03. The van der Waals surface area contributed by atoms with Gasteiger partial charge in [-0.25, -0.2) is 9.67 Å². The molecule has 0 bridgehead atoms. The van der Waals surface area contributed by atoms with Gasteiger partial charge in [-0.05, 0) is 12.1 Å². The number of nitrogens with one attached hydrogen (secondary N) is 1. The molecule has 3 rings (SSSR count). The fourth-order valence-electron chi connectivity index (χ4n) is 1.84. The average Bonchev–Trinajstić information content (AvgIpc) is 2.85. The second-order valence-corrected chi connectivity index (χ2v) is 4.45. The Morgan fingerprint density at radius 1 is 1.47 bits per heavy atom. The van der Waals surface area contributed by atoms with Gasteiger partial charge >= 0.3 is 0 Å². The van der Waals surface area contributed by atoms with Gasteiger partial charge in [0.05, 0.1) is 12.2 Å². The van der Waals surface area contributed by atoms with Crippen LogP contribution in [0.25, 0.3) is 0 Å². The second kappa shape index (κ2) is 4.77. The zero-order chi connectivity index (χ0) is 13.2. The molecule has 7 heteroatoms. The smallest absolute Gasteiger partial charge is 0.281 e. The van der Waals surface area contributed by atoms with Crippen LogP contribution in [0.15, 0.2) is 30.6 Å². The highest BCUT2D eigenvalue weighted by Crippen LogP contribution is 2.13. The maximum atomic E-state index is 12.2. The lowest BCUT2D eigenvalue weighted by Gasteiger charge is -2.26. The molecule has 3 heterocycles. The van der Waals surface area contributed by atoms with Gasteiger partial charge in [-0.15, -0.1) is 5.10 Å². The largest absolute Gasteiger partial charge is 0.312 e. The lowest BCUT2D eigenvalue weighted by Crippen LogP contribution is -2.43. The van der Waals surface area contributed by atoms with Crippen molar-refractivity contribution in [2.75, 3.05) is 25.0 Å². The number of pyridine rings is 1. The molecule has 1 saturated heterocycles. The Balaban J connectivity index is 1.78. The Bertz CT molecular complexity index is 577. The van der Waals surface area contributed by atoms with Crippen LogP contribution >= 0.6 is 0 Å². The van der Waals surface area contributed by atoms with Gasteiger partial charge in [-0.2, -0.15) is 0 Å². The van der Waals surface area contributed by atoms with E-state index in [9.17, 15) is 4.79 Å². The minimum atomic E-state index is -0.211. The quantitative estimate of drug-likeness (QED) is 0.844. The fourth-order valence-corrected chi connectivity index (χ4v) is 1.84. The van der Waals surface area contributed by atoms with E-state index >= 15 is 0 Å². The first kappa shape index (κ1) is 11.8. The lowest BCUT2D eigenvalue weighted by atomic mass is 10.2. The van der Waals surface area contributed by atoms with Gasteiger partial charge in [0, 0.05) is 26.3 Å². The Hall–Kier alpha value is -2.28. The topological polar surface area (TPSA) is 75.9 Å². The zero-order valence-electron chi connectivity index (χ0n) is 10.5. The molecule has 0 spiro atoms. The third-order valence-corrected chi connectivity index (χ3v) is 3.16. The van der Waals surface area contributed by atoms with Gasteiger partial charge in [0.2, 0.25) is 0 Å². The molecule has 0 saturated carbocycles. The summed E-state index contributed by atoms with van der Waals surface area (Å²) < 4.78 is 1.73. The molecule has 7 nitrogen and oxygen atoms in total. The normalized spacial score (nSPS) is 15.0. The third kappa shape index (κ3) is 2.19. The second-order valence-electron chi connectivity index (χ2n) is 4.45. The number of anilines is 1. The van der Waals surface area contributed by atoms with Gasteiger partial charge in [0.15, 0.2) is 5.69 Å². The van der Waals surface area contributed by atoms with Crippen LogP contribution in [0.4, 0.5) is 5.82 Å². The number of rotatable bonds is 3. The Morgan fingerprint density at radius 3 is 2.95 bits per heavy atom. The van der Waals surface area contributed by atoms with Gasteiger partial charge in [-0.1, -0.05) is 11.3 Å². The first-order valence-corrected chi connectivity index (χ1v) is 6.07. The third-order valence-electron chi connectivity index (χ3n) is 3.16. The van der Waals surface area contributed by atoms with Crippen LogP contribution in [-0.4, -0.2) is 46.0 Å². The van der Waals surface area contributed by atoms with Crippen LogP contribution < -0.4 is 10.2 Å². The maximum absolute atomic E-state index is 12.2. The number of aromatic nitrogens is 4. The minimum absolute atomic E-state index is 0.211. The summed E-state index contributed by atoms with van der Waals surface area (Å²) in [4.78, 5) is 17.8. The molecular formula is C12H14N6O. The van der Waals surface area contributed by atoms with Crippen molar-refractivity contribution < 1.29 is 4.79 Å². The molecule has 2 aromatic heterocycles. The average molecular weight is 258 g/mol. The fraction of sp³-hybridized carbons (Fsp3) is 0.333. The molecule has 0 atom stereocenters. The summed E-state index contributed by atoms with van der Waals surface area (Å²) >= 11 is 0. The molecule has 1 aliphatic rings. The molecule has 0 aliphatic carbocycles. The van der Waals surface area contributed by atoms with E-state index in [1.165, 1.54) is 4.90 Å². The van der Waals surface area contributed by atoms with Gasteiger partial charge in [-0.3, -0.25) is 9.69 Å². The van der Waals surface area contributed by atoms with E-state index in [4.69, 9.17) is 0 Å². The van der Waals surface area contributed by atoms with Crippen molar-refractivity contribution in [1.29, 1.82) is 0 Å². The van der Waals surface area contributed by atoms with Crippen molar-refractivity contribution >= 4 is 11.7 Å². The van der Waals surface area contributed by atoms with Crippen LogP contribution in [0, 0.1) is 0 Å². The highest BCUT2D eigenvalue weighted by atomic mass is 16.2. The molecule has 0 unspecified atom stereocenters. The molecule has 1 amide bonds. The van der Waals surface area contributed by atoms with Crippen LogP contribution in [0.1, 0.15) is 16.5 Å². The Morgan fingerprint density at radius 2 is 2.32 bits per heavy atom. The van der Waals surface area contributed by atoms with Crippen molar-refractivity contribution in [2.45, 2.75) is 6.04 Å². The van der Waals surface area contributed by atoms with E-state index in [1.54, 1.807) is 30.2 Å². The van der Waals surface area contributed by atoms with Gasteiger partial charge in [0.1, 0.15) is 5.82 Å². The summed E-state index contributed by atoms with van der Waals surface area (Å²) in [7, 11) is 1.68. The summed E-state index contributed by atoms with van der Waals surface area (Å²) in [6, 6.07) is 5.72. The minimum Gasteiger partial charge on any atom is -0.312 e. The van der Waals surface area contributed by atoms with Crippen LogP contribution in [-0.2, 0) is 0 Å². The van der Waals surface area contributed by atoms with Crippen molar-refractivity contribution in [3.05, 3.63) is 36.3 Å². The van der Waals surface area contributed by atoms with E-state index in [0.717, 1.165) is 13.1 Å². The molecule has 1 N–H and O–H groups in total. The standard InChI is InChI=1S/C12H14N6O/c1-17(11-4-2-3-5-14-11)12(19)10-8-18(16-15-10)9-6-13-7-9/h2-5,8-9,13H,6-7H2,1H3. The number of hydrogen-bond donors (Lipinski definition) is 1. The van der Waals surface area contributed by atoms with Crippen molar-refractivity contribution in [3.8, 4) is 0 Å². The number of carbonyl (C=O) groups is 1. The van der Waals surface area contributed by atoms with Gasteiger partial charge < -0.3 is 5.32 Å². The highest BCUT2D eigenvalue weighted by Gasteiger charge is 2.23. The van der Waals surface area contributed by atoms with Crippen LogP contribution in [0.5, 0.6) is 0 Å². The zero-order valence-corrected chi connectivity index (χ0v) is 10.5. The summed E-state index contributed by atoms with van der Waals surface area (Å²) in [5, 5.41) is 11.1. The van der Waals surface area contributed by atoms with E-state index in [0.29, 0.717) is 17.6 Å². The molecular weight excluding hydrogens is 244 g/mol. The Labute approximate surface area is 110 Å². The molecule has 98 valence electrons. The van der Waals surface area contributed by atoms with E-state index in [2.05, 4.69) is 20.6 Å². The molecule has 0 radical (unpaired) electrons. The summed E-state index contributed by atoms with van der Waals surface area (Å²) in [5.41, 5.74) is 0.333. The van der Waals surface area contributed by atoms with E-state index in [1.807, 2.05) is 12.1 Å². The van der Waals surface area contributed by atoms with E-state index < -0.39 is 0 Å². The summed E-state index contributed by atoms with van der Waals surface area (Å²) in [6.45, 7) is 1.74. The first-order valence-electron chi connectivity index (χ1n) is 6.07. The van der Waals surface area contributed by atoms with Gasteiger partial charge in [0.25, 0.3) is 5.91 Å². The van der Waals surface area contributed by atoms with Crippen LogP contribution in [0.2, 0.25) is 0 Å². The number of nitrogens with zero attached hydrogens (tertiary/aromatic N) is 5. The maximum Gasteiger partial charge on any atom is 0.281 e. The van der Waals surface area contributed by atoms with Crippen molar-refractivity contribution in [2.24, 2.45) is 0 Å². The number of amides is 1. The predicted octanol–water partition coefficient (Wildman–Crippen LogP) is 0.0940. The predicted molar refractivity (Wildman–Crippen MR) is 68.9 cm³/mol. The lowest BCUT2D eigenvalue weighted by molar-refractivity contribution is 0.0987. The molecule has 19 heavy (non-hydrogen) atoms. The summed E-state index contributed by atoms with van der Waals surface area (Å²) in [5.74, 6) is 0.379.